The highest BCUT2D eigenvalue weighted by Crippen LogP contribution is 2.24. The maximum Gasteiger partial charge on any atom is 0.272 e. The first-order chi connectivity index (χ1) is 13.9. The Kier molecular flexibility index (Phi) is 5.92. The number of ether oxygens (including phenoxy) is 1. The average molecular weight is 396 g/mol. The minimum absolute atomic E-state index is 0.0214. The van der Waals surface area contributed by atoms with Gasteiger partial charge in [0.25, 0.3) is 5.91 Å². The van der Waals surface area contributed by atoms with Crippen molar-refractivity contribution in [3.05, 3.63) is 77.2 Å². The minimum atomic E-state index is -0.620. The number of nitrogens with zero attached hydrogens (tertiary/aromatic N) is 2. The third kappa shape index (κ3) is 4.43. The number of nitrogens with two attached hydrogens (primary N) is 1. The number of nitrogens with one attached hydrogen (secondary N) is 1. The molecule has 3 aromatic rings. The lowest BCUT2D eigenvalue weighted by Crippen LogP contribution is -2.32. The van der Waals surface area contributed by atoms with E-state index in [-0.39, 0.29) is 23.7 Å². The second-order valence-electron chi connectivity index (χ2n) is 6.49. The maximum absolute atomic E-state index is 14.2. The molecule has 0 aliphatic rings. The Morgan fingerprint density at radius 1 is 1.21 bits per heavy atom. The molecule has 8 heteroatoms. The summed E-state index contributed by atoms with van der Waals surface area (Å²) in [4.78, 5) is 24.4. The van der Waals surface area contributed by atoms with Crippen molar-refractivity contribution in [2.24, 2.45) is 5.73 Å². The SMILES string of the molecule is COc1cc(C(=O)N[C@@H](CC(N)=O)c2ccccc2C)nn1-c1ccccc1F. The molecule has 3 N–H and O–H groups in total. The summed E-state index contributed by atoms with van der Waals surface area (Å²) in [5, 5.41) is 6.97. The molecule has 1 heterocycles. The van der Waals surface area contributed by atoms with Crippen LogP contribution in [0.4, 0.5) is 4.39 Å². The average Bonchev–Trinajstić information content (AvgIpc) is 3.12. The molecule has 29 heavy (non-hydrogen) atoms. The van der Waals surface area contributed by atoms with Gasteiger partial charge in [-0.05, 0) is 30.2 Å². The van der Waals surface area contributed by atoms with Gasteiger partial charge in [0.05, 0.1) is 19.6 Å². The van der Waals surface area contributed by atoms with Crippen LogP contribution in [0.1, 0.15) is 34.1 Å². The van der Waals surface area contributed by atoms with Gasteiger partial charge in [-0.25, -0.2) is 4.39 Å². The summed E-state index contributed by atoms with van der Waals surface area (Å²) in [6, 6.07) is 14.2. The Labute approximate surface area is 167 Å². The van der Waals surface area contributed by atoms with E-state index in [1.165, 1.54) is 30.0 Å². The Hall–Kier alpha value is -3.68. The minimum Gasteiger partial charge on any atom is -0.481 e. The van der Waals surface area contributed by atoms with Crippen LogP contribution >= 0.6 is 0 Å². The lowest BCUT2D eigenvalue weighted by atomic mass is 9.98. The van der Waals surface area contributed by atoms with Crippen molar-refractivity contribution < 1.29 is 18.7 Å². The number of para-hydroxylation sites is 1. The van der Waals surface area contributed by atoms with Gasteiger partial charge in [-0.3, -0.25) is 9.59 Å². The van der Waals surface area contributed by atoms with Crippen molar-refractivity contribution in [2.75, 3.05) is 7.11 Å². The van der Waals surface area contributed by atoms with E-state index in [1.54, 1.807) is 12.1 Å². The molecule has 0 radical (unpaired) electrons. The van der Waals surface area contributed by atoms with Gasteiger partial charge in [-0.15, -0.1) is 0 Å². The molecule has 2 aromatic carbocycles. The topological polar surface area (TPSA) is 99.2 Å². The number of hydrogen-bond acceptors (Lipinski definition) is 4. The van der Waals surface area contributed by atoms with Crippen LogP contribution in [0, 0.1) is 12.7 Å². The number of carbonyl (C=O) groups is 2. The molecule has 1 atom stereocenters. The zero-order chi connectivity index (χ0) is 21.0. The van der Waals surface area contributed by atoms with Gasteiger partial charge >= 0.3 is 0 Å². The number of halogens is 1. The standard InChI is InChI=1S/C21H21FN4O3/c1-13-7-3-4-8-14(13)16(11-19(23)27)24-21(28)17-12-20(29-2)26(25-17)18-10-6-5-9-15(18)22/h3-10,12,16H,11H2,1-2H3,(H2,23,27)(H,24,28)/t16-/m0/s1. The van der Waals surface area contributed by atoms with Crippen LogP contribution in [-0.2, 0) is 4.79 Å². The Morgan fingerprint density at radius 2 is 1.90 bits per heavy atom. The molecule has 0 aliphatic carbocycles. The first-order valence-corrected chi connectivity index (χ1v) is 8.94. The molecule has 0 spiro atoms. The first-order valence-electron chi connectivity index (χ1n) is 8.94. The summed E-state index contributed by atoms with van der Waals surface area (Å²) >= 11 is 0. The molecule has 7 nitrogen and oxygen atoms in total. The van der Waals surface area contributed by atoms with E-state index in [4.69, 9.17) is 10.5 Å². The highest BCUT2D eigenvalue weighted by atomic mass is 19.1. The molecule has 2 amide bonds. The van der Waals surface area contributed by atoms with Crippen molar-refractivity contribution >= 4 is 11.8 Å². The molecule has 150 valence electrons. The van der Waals surface area contributed by atoms with Crippen molar-refractivity contribution in [1.29, 1.82) is 0 Å². The summed E-state index contributed by atoms with van der Waals surface area (Å²) in [7, 11) is 1.40. The van der Waals surface area contributed by atoms with Gasteiger partial charge < -0.3 is 15.8 Å². The van der Waals surface area contributed by atoms with Crippen molar-refractivity contribution in [2.45, 2.75) is 19.4 Å². The number of primary amides is 1. The summed E-state index contributed by atoms with van der Waals surface area (Å²) in [6.07, 6.45) is -0.0677. The third-order valence-electron chi connectivity index (χ3n) is 4.47. The number of methoxy groups -OCH3 is 1. The smallest absolute Gasteiger partial charge is 0.272 e. The van der Waals surface area contributed by atoms with E-state index in [1.807, 2.05) is 31.2 Å². The summed E-state index contributed by atoms with van der Waals surface area (Å²) in [5.74, 6) is -1.39. The third-order valence-corrected chi connectivity index (χ3v) is 4.47. The highest BCUT2D eigenvalue weighted by molar-refractivity contribution is 5.93. The van der Waals surface area contributed by atoms with Crippen LogP contribution in [0.3, 0.4) is 0 Å². The molecule has 0 fully saturated rings. The van der Waals surface area contributed by atoms with Gasteiger partial charge in [-0.1, -0.05) is 36.4 Å². The van der Waals surface area contributed by atoms with E-state index in [0.717, 1.165) is 11.1 Å². The summed E-state index contributed by atoms with van der Waals surface area (Å²) < 4.78 is 20.6. The number of hydrogen-bond donors (Lipinski definition) is 2. The van der Waals surface area contributed by atoms with E-state index in [0.29, 0.717) is 0 Å². The zero-order valence-electron chi connectivity index (χ0n) is 16.1. The van der Waals surface area contributed by atoms with Crippen LogP contribution < -0.4 is 15.8 Å². The summed E-state index contributed by atoms with van der Waals surface area (Å²) in [6.45, 7) is 1.88. The fourth-order valence-electron chi connectivity index (χ4n) is 3.07. The highest BCUT2D eigenvalue weighted by Gasteiger charge is 2.23. The van der Waals surface area contributed by atoms with E-state index in [9.17, 15) is 14.0 Å². The van der Waals surface area contributed by atoms with Gasteiger partial charge in [0.2, 0.25) is 11.8 Å². The lowest BCUT2D eigenvalue weighted by molar-refractivity contribution is -0.118. The molecular formula is C21H21FN4O3. The Morgan fingerprint density at radius 3 is 2.55 bits per heavy atom. The predicted octanol–water partition coefficient (Wildman–Crippen LogP) is 2.67. The Bertz CT molecular complexity index is 1050. The van der Waals surface area contributed by atoms with Crippen LogP contribution in [0.25, 0.3) is 5.69 Å². The monoisotopic (exact) mass is 396 g/mol. The van der Waals surface area contributed by atoms with Crippen molar-refractivity contribution in [1.82, 2.24) is 15.1 Å². The molecule has 0 unspecified atom stereocenters. The number of amides is 2. The van der Waals surface area contributed by atoms with E-state index in [2.05, 4.69) is 10.4 Å². The van der Waals surface area contributed by atoms with Crippen molar-refractivity contribution in [3.8, 4) is 11.6 Å². The molecule has 0 aliphatic heterocycles. The van der Waals surface area contributed by atoms with Gasteiger partial charge in [0.15, 0.2) is 5.69 Å². The first kappa shape index (κ1) is 20.1. The molecule has 0 bridgehead atoms. The second-order valence-corrected chi connectivity index (χ2v) is 6.49. The molecule has 1 aromatic heterocycles. The van der Waals surface area contributed by atoms with Gasteiger partial charge in [-0.2, -0.15) is 9.78 Å². The second kappa shape index (κ2) is 8.55. The number of aromatic nitrogens is 2. The lowest BCUT2D eigenvalue weighted by Gasteiger charge is -2.19. The van der Waals surface area contributed by atoms with Gasteiger partial charge in [0, 0.05) is 6.07 Å². The largest absolute Gasteiger partial charge is 0.481 e. The zero-order valence-corrected chi connectivity index (χ0v) is 16.1. The number of carbonyl (C=O) groups excluding carboxylic acids is 2. The normalized spacial score (nSPS) is 11.7. The van der Waals surface area contributed by atoms with Crippen LogP contribution in [0.15, 0.2) is 54.6 Å². The van der Waals surface area contributed by atoms with E-state index < -0.39 is 23.7 Å². The molecule has 3 rings (SSSR count). The van der Waals surface area contributed by atoms with Crippen LogP contribution in [0.5, 0.6) is 5.88 Å². The molecular weight excluding hydrogens is 375 g/mol. The fourth-order valence-corrected chi connectivity index (χ4v) is 3.07. The van der Waals surface area contributed by atoms with E-state index >= 15 is 0 Å². The van der Waals surface area contributed by atoms with Gasteiger partial charge in [0.1, 0.15) is 11.5 Å². The fraction of sp³-hybridized carbons (Fsp3) is 0.190. The quantitative estimate of drug-likeness (QED) is 0.641. The maximum atomic E-state index is 14.2. The van der Waals surface area contributed by atoms with Crippen LogP contribution in [-0.4, -0.2) is 28.7 Å². The number of benzene rings is 2. The molecule has 0 saturated heterocycles. The number of rotatable bonds is 7. The molecule has 0 saturated carbocycles. The Balaban J connectivity index is 1.92. The summed E-state index contributed by atoms with van der Waals surface area (Å²) in [5.41, 5.74) is 7.23. The van der Waals surface area contributed by atoms with Crippen molar-refractivity contribution in [3.63, 3.8) is 0 Å². The number of aryl methyl sites for hydroxylation is 1. The van der Waals surface area contributed by atoms with Crippen LogP contribution in [0.2, 0.25) is 0 Å². The predicted molar refractivity (Wildman–Crippen MR) is 105 cm³/mol.